The fourth-order valence-electron chi connectivity index (χ4n) is 2.55. The second-order valence-electron chi connectivity index (χ2n) is 6.30. The summed E-state index contributed by atoms with van der Waals surface area (Å²) in [6.07, 6.45) is 7.63. The van der Waals surface area contributed by atoms with Crippen molar-refractivity contribution in [3.63, 3.8) is 0 Å². The van der Waals surface area contributed by atoms with E-state index in [9.17, 15) is 0 Å². The molecule has 1 saturated heterocycles. The monoisotopic (exact) mass is 325 g/mol. The molecule has 4 heteroatoms. The quantitative estimate of drug-likeness (QED) is 0.920. The van der Waals surface area contributed by atoms with Crippen molar-refractivity contribution in [2.24, 2.45) is 0 Å². The lowest BCUT2D eigenvalue weighted by molar-refractivity contribution is 0.366. The maximum Gasteiger partial charge on any atom is 0.0592 e. The Balaban J connectivity index is 2.10. The van der Waals surface area contributed by atoms with Gasteiger partial charge < -0.3 is 10.2 Å². The fourth-order valence-corrected chi connectivity index (χ4v) is 3.03. The van der Waals surface area contributed by atoms with Gasteiger partial charge in [-0.15, -0.1) is 0 Å². The first-order chi connectivity index (χ1) is 8.97. The van der Waals surface area contributed by atoms with Crippen molar-refractivity contribution >= 4 is 21.6 Å². The molecule has 1 atom stereocenters. The van der Waals surface area contributed by atoms with Crippen molar-refractivity contribution < 1.29 is 0 Å². The molecule has 0 radical (unpaired) electrons. The molecule has 0 amide bonds. The average Bonchev–Trinajstić information content (AvgIpc) is 2.37. The Morgan fingerprint density at radius 3 is 2.89 bits per heavy atom. The molecule has 1 aromatic heterocycles. The highest BCUT2D eigenvalue weighted by atomic mass is 79.9. The maximum atomic E-state index is 4.16. The molecule has 2 heterocycles. The van der Waals surface area contributed by atoms with Crippen LogP contribution >= 0.6 is 15.9 Å². The zero-order valence-electron chi connectivity index (χ0n) is 12.1. The summed E-state index contributed by atoms with van der Waals surface area (Å²) in [5, 5.41) is 3.64. The summed E-state index contributed by atoms with van der Waals surface area (Å²) < 4.78 is 1.10. The van der Waals surface area contributed by atoms with Crippen LogP contribution in [0.3, 0.4) is 0 Å². The summed E-state index contributed by atoms with van der Waals surface area (Å²) in [5.74, 6) is 0. The van der Waals surface area contributed by atoms with Crippen LogP contribution in [-0.2, 0) is 0 Å². The fraction of sp³-hybridized carbons (Fsp3) is 0.667. The predicted molar refractivity (Wildman–Crippen MR) is 84.7 cm³/mol. The van der Waals surface area contributed by atoms with E-state index in [0.717, 1.165) is 17.6 Å². The number of anilines is 1. The van der Waals surface area contributed by atoms with Crippen LogP contribution < -0.4 is 10.2 Å². The van der Waals surface area contributed by atoms with Gasteiger partial charge in [0.1, 0.15) is 0 Å². The number of aromatic nitrogens is 1. The van der Waals surface area contributed by atoms with Crippen molar-refractivity contribution in [1.82, 2.24) is 10.3 Å². The number of hydrogen-bond acceptors (Lipinski definition) is 3. The number of nitrogens with one attached hydrogen (secondary N) is 1. The molecule has 1 aromatic rings. The molecule has 0 aromatic carbocycles. The highest BCUT2D eigenvalue weighted by Gasteiger charge is 2.25. The van der Waals surface area contributed by atoms with E-state index >= 15 is 0 Å². The van der Waals surface area contributed by atoms with Gasteiger partial charge in [0.25, 0.3) is 0 Å². The van der Waals surface area contributed by atoms with E-state index in [1.807, 2.05) is 12.4 Å². The average molecular weight is 326 g/mol. The Morgan fingerprint density at radius 2 is 2.21 bits per heavy atom. The second-order valence-corrected chi connectivity index (χ2v) is 7.16. The molecule has 0 saturated carbocycles. The highest BCUT2D eigenvalue weighted by molar-refractivity contribution is 9.10. The van der Waals surface area contributed by atoms with Crippen molar-refractivity contribution in [2.45, 2.75) is 51.6 Å². The van der Waals surface area contributed by atoms with E-state index < -0.39 is 0 Å². The van der Waals surface area contributed by atoms with Crippen LogP contribution in [0.2, 0.25) is 0 Å². The van der Waals surface area contributed by atoms with Gasteiger partial charge in [-0.1, -0.05) is 0 Å². The third-order valence-electron chi connectivity index (χ3n) is 3.56. The van der Waals surface area contributed by atoms with Crippen LogP contribution in [-0.4, -0.2) is 29.7 Å². The lowest BCUT2D eigenvalue weighted by Crippen LogP contribution is -2.49. The third kappa shape index (κ3) is 4.18. The summed E-state index contributed by atoms with van der Waals surface area (Å²) in [6, 6.07) is 2.69. The molecule has 1 fully saturated rings. The molecule has 0 spiro atoms. The maximum absolute atomic E-state index is 4.16. The molecule has 1 unspecified atom stereocenters. The number of piperidine rings is 1. The van der Waals surface area contributed by atoms with Crippen LogP contribution in [0.15, 0.2) is 22.9 Å². The second kappa shape index (κ2) is 6.23. The minimum absolute atomic E-state index is 0.179. The lowest BCUT2D eigenvalue weighted by Gasteiger charge is -2.39. The molecule has 19 heavy (non-hydrogen) atoms. The lowest BCUT2D eigenvalue weighted by atomic mass is 10.00. The normalized spacial score (nSPS) is 20.6. The van der Waals surface area contributed by atoms with Gasteiger partial charge in [-0.05, 0) is 62.0 Å². The smallest absolute Gasteiger partial charge is 0.0592 e. The van der Waals surface area contributed by atoms with Crippen LogP contribution in [0.4, 0.5) is 5.69 Å². The van der Waals surface area contributed by atoms with Crippen LogP contribution in [0.25, 0.3) is 0 Å². The molecule has 106 valence electrons. The van der Waals surface area contributed by atoms with Crippen molar-refractivity contribution in [1.29, 1.82) is 0 Å². The number of nitrogens with zero attached hydrogens (tertiary/aromatic N) is 2. The molecular formula is C15H24BrN3. The van der Waals surface area contributed by atoms with E-state index in [1.54, 1.807) is 0 Å². The SMILES string of the molecule is CC(C)(C)NCC1CCCCN1c1ccncc1Br. The van der Waals surface area contributed by atoms with E-state index in [-0.39, 0.29) is 5.54 Å². The topological polar surface area (TPSA) is 28.2 Å². The summed E-state index contributed by atoms with van der Waals surface area (Å²) in [6.45, 7) is 8.85. The Kier molecular flexibility index (Phi) is 4.85. The molecule has 1 aliphatic heterocycles. The predicted octanol–water partition coefficient (Wildman–Crippen LogP) is 3.59. The molecule has 1 aliphatic rings. The molecule has 0 aliphatic carbocycles. The van der Waals surface area contributed by atoms with Gasteiger partial charge in [-0.25, -0.2) is 0 Å². The highest BCUT2D eigenvalue weighted by Crippen LogP contribution is 2.30. The Morgan fingerprint density at radius 1 is 1.42 bits per heavy atom. The van der Waals surface area contributed by atoms with E-state index in [2.05, 4.69) is 58.0 Å². The zero-order chi connectivity index (χ0) is 13.9. The van der Waals surface area contributed by atoms with Gasteiger partial charge in [0.15, 0.2) is 0 Å². The molecule has 0 bridgehead atoms. The van der Waals surface area contributed by atoms with Gasteiger partial charge >= 0.3 is 0 Å². The minimum atomic E-state index is 0.179. The Labute approximate surface area is 124 Å². The first-order valence-corrected chi connectivity index (χ1v) is 7.88. The van der Waals surface area contributed by atoms with Crippen molar-refractivity contribution in [2.75, 3.05) is 18.0 Å². The standard InChI is InChI=1S/C15H24BrN3/c1-15(2,3)18-10-12-6-4-5-9-19(12)14-7-8-17-11-13(14)16/h7-8,11-12,18H,4-6,9-10H2,1-3H3. The number of pyridine rings is 1. The first kappa shape index (κ1) is 14.8. The van der Waals surface area contributed by atoms with Crippen LogP contribution in [0.1, 0.15) is 40.0 Å². The van der Waals surface area contributed by atoms with Gasteiger partial charge in [0.2, 0.25) is 0 Å². The molecule has 1 N–H and O–H groups in total. The molecular weight excluding hydrogens is 302 g/mol. The number of hydrogen-bond donors (Lipinski definition) is 1. The van der Waals surface area contributed by atoms with Crippen molar-refractivity contribution in [3.8, 4) is 0 Å². The van der Waals surface area contributed by atoms with E-state index in [0.29, 0.717) is 6.04 Å². The van der Waals surface area contributed by atoms with E-state index in [1.165, 1.54) is 24.9 Å². The molecule has 3 nitrogen and oxygen atoms in total. The zero-order valence-corrected chi connectivity index (χ0v) is 13.7. The van der Waals surface area contributed by atoms with Crippen LogP contribution in [0.5, 0.6) is 0 Å². The molecule has 2 rings (SSSR count). The number of rotatable bonds is 3. The van der Waals surface area contributed by atoms with Gasteiger partial charge in [0, 0.05) is 37.1 Å². The summed E-state index contributed by atoms with van der Waals surface area (Å²) >= 11 is 3.63. The summed E-state index contributed by atoms with van der Waals surface area (Å²) in [7, 11) is 0. The largest absolute Gasteiger partial charge is 0.366 e. The van der Waals surface area contributed by atoms with Crippen LogP contribution in [0, 0.1) is 0 Å². The Bertz CT molecular complexity index is 414. The van der Waals surface area contributed by atoms with E-state index in [4.69, 9.17) is 0 Å². The van der Waals surface area contributed by atoms with Gasteiger partial charge in [0.05, 0.1) is 10.2 Å². The van der Waals surface area contributed by atoms with Gasteiger partial charge in [-0.3, -0.25) is 4.98 Å². The summed E-state index contributed by atoms with van der Waals surface area (Å²) in [4.78, 5) is 6.68. The van der Waals surface area contributed by atoms with Gasteiger partial charge in [-0.2, -0.15) is 0 Å². The van der Waals surface area contributed by atoms with Crippen molar-refractivity contribution in [3.05, 3.63) is 22.9 Å². The first-order valence-electron chi connectivity index (χ1n) is 7.08. The number of halogens is 1. The third-order valence-corrected chi connectivity index (χ3v) is 4.17. The summed E-state index contributed by atoms with van der Waals surface area (Å²) in [5.41, 5.74) is 1.45. The Hall–Kier alpha value is -0.610. The minimum Gasteiger partial charge on any atom is -0.366 e.